The van der Waals surface area contributed by atoms with Gasteiger partial charge in [-0.25, -0.2) is 0 Å². The van der Waals surface area contributed by atoms with Crippen LogP contribution in [-0.4, -0.2) is 51.1 Å². The van der Waals surface area contributed by atoms with Gasteiger partial charge in [-0.15, -0.1) is 0 Å². The molecule has 1 rings (SSSR count). The van der Waals surface area contributed by atoms with E-state index in [4.69, 9.17) is 0 Å². The van der Waals surface area contributed by atoms with E-state index < -0.39 is 15.6 Å². The molecule has 0 aromatic rings. The van der Waals surface area contributed by atoms with Gasteiger partial charge in [0.15, 0.2) is 0 Å². The number of rotatable bonds is 3. The fourth-order valence-electron chi connectivity index (χ4n) is 1.12. The van der Waals surface area contributed by atoms with Gasteiger partial charge in [0.25, 0.3) is 0 Å². The van der Waals surface area contributed by atoms with Gasteiger partial charge in [-0.1, -0.05) is 6.92 Å². The Morgan fingerprint density at radius 2 is 1.89 bits per heavy atom. The molecule has 0 saturated heterocycles. The van der Waals surface area contributed by atoms with Crippen molar-refractivity contribution < 1.29 is 25.8 Å². The van der Waals surface area contributed by atoms with Crippen molar-refractivity contribution in [1.82, 2.24) is 9.80 Å². The lowest BCUT2D eigenvalue weighted by Gasteiger charge is -2.16. The Morgan fingerprint density at radius 3 is 2.11 bits per heavy atom. The zero-order valence-corrected chi connectivity index (χ0v) is 11.3. The Labute approximate surface area is 105 Å². The van der Waals surface area contributed by atoms with Gasteiger partial charge in [0, 0.05) is 26.0 Å². The van der Waals surface area contributed by atoms with Crippen molar-refractivity contribution >= 4 is 10.1 Å². The predicted octanol–water partition coefficient (Wildman–Crippen LogP) is 1.55. The van der Waals surface area contributed by atoms with Crippen LogP contribution in [0.4, 0.5) is 13.2 Å². The number of nitrogens with zero attached hydrogens (tertiary/aromatic N) is 2. The average molecular weight is 290 g/mol. The molecule has 0 unspecified atom stereocenters. The van der Waals surface area contributed by atoms with E-state index in [2.05, 4.69) is 40.4 Å². The largest absolute Gasteiger partial charge is 0.523 e. The summed E-state index contributed by atoms with van der Waals surface area (Å²) in [5, 5.41) is 0. The number of halogens is 3. The average Bonchev–Trinajstić information content (AvgIpc) is 2.64. The molecule has 1 aliphatic rings. The molecule has 108 valence electrons. The van der Waals surface area contributed by atoms with E-state index in [1.807, 2.05) is 0 Å². The van der Waals surface area contributed by atoms with Crippen LogP contribution in [0.2, 0.25) is 0 Å². The van der Waals surface area contributed by atoms with E-state index >= 15 is 0 Å². The molecule has 0 aromatic carbocycles. The van der Waals surface area contributed by atoms with Gasteiger partial charge in [0.2, 0.25) is 0 Å². The van der Waals surface area contributed by atoms with Crippen molar-refractivity contribution in [3.05, 3.63) is 12.4 Å². The summed E-state index contributed by atoms with van der Waals surface area (Å²) in [7, 11) is -2.80. The molecule has 0 bridgehead atoms. The summed E-state index contributed by atoms with van der Waals surface area (Å²) in [6.07, 6.45) is 5.48. The van der Waals surface area contributed by atoms with Crippen LogP contribution in [-0.2, 0) is 14.3 Å². The lowest BCUT2D eigenvalue weighted by Crippen LogP contribution is -2.23. The first-order valence-electron chi connectivity index (χ1n) is 5.13. The maximum absolute atomic E-state index is 11.1. The van der Waals surface area contributed by atoms with Crippen molar-refractivity contribution in [3.63, 3.8) is 0 Å². The molecule has 0 aliphatic carbocycles. The lowest BCUT2D eigenvalue weighted by atomic mass is 10.4. The molecule has 18 heavy (non-hydrogen) atoms. The quantitative estimate of drug-likeness (QED) is 0.583. The SMILES string of the molecule is CCCN1C=CN(C)C1.COS(=O)(=O)C(F)(F)F. The summed E-state index contributed by atoms with van der Waals surface area (Å²) in [5.74, 6) is 0. The fourth-order valence-corrected chi connectivity index (χ4v) is 1.30. The zero-order chi connectivity index (χ0) is 14.4. The summed E-state index contributed by atoms with van der Waals surface area (Å²) in [6, 6.07) is 0. The molecule has 0 atom stereocenters. The standard InChI is InChI=1S/C7H14N2.C2H3F3O3S/c1-3-4-9-6-5-8(2)7-9;1-8-9(6,7)2(3,4)5/h5-6H,3-4,7H2,1-2H3;1H3. The number of hydrogen-bond acceptors (Lipinski definition) is 5. The Kier molecular flexibility index (Phi) is 6.47. The van der Waals surface area contributed by atoms with Crippen molar-refractivity contribution in [2.75, 3.05) is 27.4 Å². The minimum absolute atomic E-state index is 0.447. The fraction of sp³-hybridized carbons (Fsp3) is 0.778. The third kappa shape index (κ3) is 5.58. The molecular weight excluding hydrogens is 273 g/mol. The highest BCUT2D eigenvalue weighted by atomic mass is 32.2. The first-order valence-corrected chi connectivity index (χ1v) is 6.54. The zero-order valence-electron chi connectivity index (χ0n) is 10.4. The highest BCUT2D eigenvalue weighted by Gasteiger charge is 2.46. The van der Waals surface area contributed by atoms with Crippen LogP contribution >= 0.6 is 0 Å². The van der Waals surface area contributed by atoms with Gasteiger partial charge in [0.05, 0.1) is 13.8 Å². The van der Waals surface area contributed by atoms with Crippen LogP contribution in [0.5, 0.6) is 0 Å². The first kappa shape index (κ1) is 17.0. The third-order valence-electron chi connectivity index (χ3n) is 1.95. The molecule has 0 N–H and O–H groups in total. The molecular formula is C9H17F3N2O3S. The molecule has 0 spiro atoms. The molecule has 0 aromatic heterocycles. The smallest absolute Gasteiger partial charge is 0.362 e. The van der Waals surface area contributed by atoms with Gasteiger partial charge in [-0.2, -0.15) is 21.6 Å². The predicted molar refractivity (Wildman–Crippen MR) is 60.8 cm³/mol. The molecule has 0 saturated carbocycles. The normalized spacial score (nSPS) is 15.7. The third-order valence-corrected chi connectivity index (χ3v) is 2.96. The van der Waals surface area contributed by atoms with Gasteiger partial charge >= 0.3 is 15.6 Å². The molecule has 1 aliphatic heterocycles. The van der Waals surface area contributed by atoms with Gasteiger partial charge in [-0.05, 0) is 6.42 Å². The topological polar surface area (TPSA) is 49.9 Å². The second kappa shape index (κ2) is 6.83. The summed E-state index contributed by atoms with van der Waals surface area (Å²) >= 11 is 0. The molecule has 0 fully saturated rings. The summed E-state index contributed by atoms with van der Waals surface area (Å²) in [5.41, 5.74) is -5.30. The van der Waals surface area contributed by atoms with Crippen molar-refractivity contribution in [2.24, 2.45) is 0 Å². The highest BCUT2D eigenvalue weighted by molar-refractivity contribution is 7.87. The van der Waals surface area contributed by atoms with Crippen LogP contribution < -0.4 is 0 Å². The van der Waals surface area contributed by atoms with E-state index in [0.717, 1.165) is 6.67 Å². The maximum Gasteiger partial charge on any atom is 0.523 e. The Bertz CT molecular complexity index is 368. The molecule has 5 nitrogen and oxygen atoms in total. The Hall–Kier alpha value is -0.960. The van der Waals surface area contributed by atoms with Crippen molar-refractivity contribution in [3.8, 4) is 0 Å². The first-order chi connectivity index (χ1) is 8.14. The van der Waals surface area contributed by atoms with E-state index in [-0.39, 0.29) is 0 Å². The summed E-state index contributed by atoms with van der Waals surface area (Å²) in [4.78, 5) is 4.48. The second-order valence-corrected chi connectivity index (χ2v) is 5.28. The van der Waals surface area contributed by atoms with Crippen LogP contribution in [0.3, 0.4) is 0 Å². The Morgan fingerprint density at radius 1 is 1.33 bits per heavy atom. The number of alkyl halides is 3. The van der Waals surface area contributed by atoms with Gasteiger partial charge < -0.3 is 9.80 Å². The van der Waals surface area contributed by atoms with Gasteiger partial charge in [0.1, 0.15) is 0 Å². The van der Waals surface area contributed by atoms with Crippen LogP contribution in [0.1, 0.15) is 13.3 Å². The monoisotopic (exact) mass is 290 g/mol. The summed E-state index contributed by atoms with van der Waals surface area (Å²) < 4.78 is 55.9. The molecule has 0 amide bonds. The molecule has 9 heteroatoms. The minimum Gasteiger partial charge on any atom is -0.362 e. The second-order valence-electron chi connectivity index (χ2n) is 3.58. The maximum atomic E-state index is 11.1. The van der Waals surface area contributed by atoms with Crippen molar-refractivity contribution in [2.45, 2.75) is 18.9 Å². The van der Waals surface area contributed by atoms with Gasteiger partial charge in [-0.3, -0.25) is 4.18 Å². The van der Waals surface area contributed by atoms with Crippen LogP contribution in [0.25, 0.3) is 0 Å². The van der Waals surface area contributed by atoms with E-state index in [1.54, 1.807) is 0 Å². The number of hydrogen-bond donors (Lipinski definition) is 0. The van der Waals surface area contributed by atoms with Crippen LogP contribution in [0, 0.1) is 0 Å². The highest BCUT2D eigenvalue weighted by Crippen LogP contribution is 2.23. The minimum atomic E-state index is -5.34. The Balaban J connectivity index is 0.000000321. The molecule has 1 heterocycles. The van der Waals surface area contributed by atoms with E-state index in [9.17, 15) is 21.6 Å². The summed E-state index contributed by atoms with van der Waals surface area (Å²) in [6.45, 7) is 4.45. The molecule has 0 radical (unpaired) electrons. The van der Waals surface area contributed by atoms with Crippen molar-refractivity contribution in [1.29, 1.82) is 0 Å². The van der Waals surface area contributed by atoms with E-state index in [1.165, 1.54) is 13.0 Å². The lowest BCUT2D eigenvalue weighted by molar-refractivity contribution is -0.0526. The van der Waals surface area contributed by atoms with E-state index in [0.29, 0.717) is 7.11 Å². The van der Waals surface area contributed by atoms with Crippen LogP contribution in [0.15, 0.2) is 12.4 Å².